The Morgan fingerprint density at radius 2 is 1.35 bits per heavy atom. The Labute approximate surface area is 183 Å². The third kappa shape index (κ3) is 3.51. The van der Waals surface area contributed by atoms with E-state index in [2.05, 4.69) is 102 Å². The lowest BCUT2D eigenvalue weighted by Gasteiger charge is -2.12. The minimum Gasteiger partial charge on any atom is -0.497 e. The minimum absolute atomic E-state index is 0.835. The molecule has 0 bridgehead atoms. The summed E-state index contributed by atoms with van der Waals surface area (Å²) in [5.41, 5.74) is 8.84. The van der Waals surface area contributed by atoms with E-state index in [1.165, 1.54) is 44.4 Å². The fourth-order valence-corrected chi connectivity index (χ4v) is 4.51. The van der Waals surface area contributed by atoms with E-state index in [1.807, 2.05) is 12.1 Å². The van der Waals surface area contributed by atoms with Crippen LogP contribution in [0, 0.1) is 6.92 Å². The highest BCUT2D eigenvalue weighted by atomic mass is 16.5. The van der Waals surface area contributed by atoms with Crippen molar-refractivity contribution in [1.82, 2.24) is 4.57 Å². The predicted molar refractivity (Wildman–Crippen MR) is 130 cm³/mol. The standard InChI is InChI=1S/C29H25NO/c1-21-28-26(23-16-18-25(31-2)19-17-23)14-9-15-27(28)30(20-22-10-5-3-6-11-22)29(21)24-12-7-4-8-13-24/h3-19H,20H2,1-2H3. The zero-order chi connectivity index (χ0) is 21.2. The average Bonchev–Trinajstić information content (AvgIpc) is 3.12. The lowest BCUT2D eigenvalue weighted by Crippen LogP contribution is -2.02. The molecule has 152 valence electrons. The van der Waals surface area contributed by atoms with E-state index < -0.39 is 0 Å². The third-order valence-corrected chi connectivity index (χ3v) is 5.97. The molecule has 1 aromatic heterocycles. The molecule has 2 nitrogen and oxygen atoms in total. The number of hydrogen-bond donors (Lipinski definition) is 0. The largest absolute Gasteiger partial charge is 0.497 e. The van der Waals surface area contributed by atoms with Crippen LogP contribution in [0.5, 0.6) is 5.75 Å². The van der Waals surface area contributed by atoms with Crippen LogP contribution in [0.4, 0.5) is 0 Å². The maximum Gasteiger partial charge on any atom is 0.118 e. The lowest BCUT2D eigenvalue weighted by atomic mass is 9.98. The number of fused-ring (bicyclic) bond motifs is 1. The number of nitrogens with zero attached hydrogens (tertiary/aromatic N) is 1. The maximum absolute atomic E-state index is 5.36. The van der Waals surface area contributed by atoms with Crippen molar-refractivity contribution in [3.63, 3.8) is 0 Å². The number of rotatable bonds is 5. The quantitative estimate of drug-likeness (QED) is 0.299. The smallest absolute Gasteiger partial charge is 0.118 e. The van der Waals surface area contributed by atoms with Crippen molar-refractivity contribution in [2.75, 3.05) is 7.11 Å². The number of aromatic nitrogens is 1. The van der Waals surface area contributed by atoms with Crippen LogP contribution < -0.4 is 4.74 Å². The Morgan fingerprint density at radius 3 is 2.03 bits per heavy atom. The molecule has 0 N–H and O–H groups in total. The van der Waals surface area contributed by atoms with E-state index >= 15 is 0 Å². The zero-order valence-corrected chi connectivity index (χ0v) is 17.9. The predicted octanol–water partition coefficient (Wildman–Crippen LogP) is 7.34. The highest BCUT2D eigenvalue weighted by Gasteiger charge is 2.19. The molecule has 31 heavy (non-hydrogen) atoms. The van der Waals surface area contributed by atoms with Gasteiger partial charge in [0.1, 0.15) is 5.75 Å². The highest BCUT2D eigenvalue weighted by molar-refractivity contribution is 6.02. The summed E-state index contributed by atoms with van der Waals surface area (Å²) in [6.07, 6.45) is 0. The average molecular weight is 404 g/mol. The van der Waals surface area contributed by atoms with Crippen molar-refractivity contribution in [3.8, 4) is 28.1 Å². The fourth-order valence-electron chi connectivity index (χ4n) is 4.51. The molecule has 2 heteroatoms. The van der Waals surface area contributed by atoms with Crippen molar-refractivity contribution in [2.45, 2.75) is 13.5 Å². The van der Waals surface area contributed by atoms with Crippen LogP contribution in [-0.2, 0) is 6.54 Å². The molecule has 5 aromatic rings. The number of benzene rings is 4. The summed E-state index contributed by atoms with van der Waals surface area (Å²) in [5, 5.41) is 1.31. The molecule has 0 radical (unpaired) electrons. The van der Waals surface area contributed by atoms with E-state index in [-0.39, 0.29) is 0 Å². The summed E-state index contributed by atoms with van der Waals surface area (Å²) in [7, 11) is 1.70. The van der Waals surface area contributed by atoms with Crippen LogP contribution >= 0.6 is 0 Å². The Bertz CT molecular complexity index is 1320. The summed E-state index contributed by atoms with van der Waals surface area (Å²) >= 11 is 0. The van der Waals surface area contributed by atoms with Gasteiger partial charge in [0.05, 0.1) is 12.8 Å². The molecule has 0 atom stereocenters. The monoisotopic (exact) mass is 403 g/mol. The van der Waals surface area contributed by atoms with Gasteiger partial charge in [-0.3, -0.25) is 0 Å². The molecule has 4 aromatic carbocycles. The van der Waals surface area contributed by atoms with Gasteiger partial charge >= 0.3 is 0 Å². The molecule has 0 fully saturated rings. The lowest BCUT2D eigenvalue weighted by molar-refractivity contribution is 0.415. The summed E-state index contributed by atoms with van der Waals surface area (Å²) in [6, 6.07) is 36.4. The second kappa shape index (κ2) is 8.16. The molecule has 0 spiro atoms. The van der Waals surface area contributed by atoms with Gasteiger partial charge in [-0.2, -0.15) is 0 Å². The SMILES string of the molecule is COc1ccc(-c2cccc3c2c(C)c(-c2ccccc2)n3Cc2ccccc2)cc1. The molecule has 0 amide bonds. The van der Waals surface area contributed by atoms with Crippen molar-refractivity contribution >= 4 is 10.9 Å². The Balaban J connectivity index is 1.77. The third-order valence-electron chi connectivity index (χ3n) is 5.97. The van der Waals surface area contributed by atoms with Crippen LogP contribution in [0.25, 0.3) is 33.3 Å². The molecule has 0 unspecified atom stereocenters. The van der Waals surface area contributed by atoms with Crippen LogP contribution in [0.3, 0.4) is 0 Å². The van der Waals surface area contributed by atoms with Gasteiger partial charge in [0.2, 0.25) is 0 Å². The van der Waals surface area contributed by atoms with E-state index in [0.29, 0.717) is 0 Å². The molecule has 0 aliphatic carbocycles. The maximum atomic E-state index is 5.36. The summed E-state index contributed by atoms with van der Waals surface area (Å²) < 4.78 is 7.82. The van der Waals surface area contributed by atoms with Crippen LogP contribution in [0.15, 0.2) is 103 Å². The van der Waals surface area contributed by atoms with Crippen molar-refractivity contribution in [3.05, 3.63) is 114 Å². The van der Waals surface area contributed by atoms with Crippen molar-refractivity contribution in [2.24, 2.45) is 0 Å². The van der Waals surface area contributed by atoms with Crippen LogP contribution in [0.2, 0.25) is 0 Å². The van der Waals surface area contributed by atoms with Gasteiger partial charge < -0.3 is 9.30 Å². The number of hydrogen-bond acceptors (Lipinski definition) is 1. The Kier molecular flexibility index (Phi) is 5.05. The first-order valence-corrected chi connectivity index (χ1v) is 10.6. The van der Waals surface area contributed by atoms with E-state index in [9.17, 15) is 0 Å². The zero-order valence-electron chi connectivity index (χ0n) is 17.9. The van der Waals surface area contributed by atoms with Gasteiger partial charge in [-0.25, -0.2) is 0 Å². The summed E-state index contributed by atoms with van der Waals surface area (Å²) in [6.45, 7) is 3.08. The van der Waals surface area contributed by atoms with Crippen molar-refractivity contribution in [1.29, 1.82) is 0 Å². The van der Waals surface area contributed by atoms with Gasteiger partial charge in [0.15, 0.2) is 0 Å². The van der Waals surface area contributed by atoms with Crippen LogP contribution in [0.1, 0.15) is 11.1 Å². The number of ether oxygens (including phenoxy) is 1. The second-order valence-corrected chi connectivity index (χ2v) is 7.84. The molecule has 1 heterocycles. The summed E-state index contributed by atoms with van der Waals surface area (Å²) in [5.74, 6) is 0.874. The van der Waals surface area contributed by atoms with E-state index in [4.69, 9.17) is 4.74 Å². The molecular formula is C29H25NO. The molecule has 5 rings (SSSR count). The van der Waals surface area contributed by atoms with Crippen LogP contribution in [-0.4, -0.2) is 11.7 Å². The first kappa shape index (κ1) is 19.2. The topological polar surface area (TPSA) is 14.2 Å². The normalized spacial score (nSPS) is 11.0. The van der Waals surface area contributed by atoms with Gasteiger partial charge in [0.25, 0.3) is 0 Å². The Morgan fingerprint density at radius 1 is 0.677 bits per heavy atom. The minimum atomic E-state index is 0.835. The van der Waals surface area contributed by atoms with Crippen molar-refractivity contribution < 1.29 is 4.74 Å². The van der Waals surface area contributed by atoms with E-state index in [0.717, 1.165) is 12.3 Å². The fraction of sp³-hybridized carbons (Fsp3) is 0.103. The Hall–Kier alpha value is -3.78. The van der Waals surface area contributed by atoms with E-state index in [1.54, 1.807) is 7.11 Å². The summed E-state index contributed by atoms with van der Waals surface area (Å²) in [4.78, 5) is 0. The second-order valence-electron chi connectivity index (χ2n) is 7.84. The first-order chi connectivity index (χ1) is 15.3. The first-order valence-electron chi connectivity index (χ1n) is 10.6. The molecule has 0 saturated carbocycles. The van der Waals surface area contributed by atoms with Gasteiger partial charge in [-0.05, 0) is 52.9 Å². The van der Waals surface area contributed by atoms with Gasteiger partial charge in [-0.15, -0.1) is 0 Å². The van der Waals surface area contributed by atoms with Gasteiger partial charge in [0, 0.05) is 17.4 Å². The van der Waals surface area contributed by atoms with Gasteiger partial charge in [-0.1, -0.05) is 84.9 Å². The highest BCUT2D eigenvalue weighted by Crippen LogP contribution is 2.39. The molecular weight excluding hydrogens is 378 g/mol. The number of methoxy groups -OCH3 is 1. The molecule has 0 saturated heterocycles. The molecule has 0 aliphatic heterocycles. The number of aryl methyl sites for hydroxylation is 1. The molecule has 0 aliphatic rings.